The number of aliphatic hydroxyl groups excluding tert-OH is 1. The number of anilines is 1. The van der Waals surface area contributed by atoms with E-state index in [4.69, 9.17) is 0 Å². The van der Waals surface area contributed by atoms with Crippen LogP contribution in [0.3, 0.4) is 0 Å². The summed E-state index contributed by atoms with van der Waals surface area (Å²) in [7, 11) is 0. The zero-order valence-electron chi connectivity index (χ0n) is 9.91. The molecule has 0 heterocycles. The van der Waals surface area contributed by atoms with Crippen molar-refractivity contribution in [3.05, 3.63) is 64.1 Å². The van der Waals surface area contributed by atoms with Gasteiger partial charge in [0, 0.05) is 15.7 Å². The summed E-state index contributed by atoms with van der Waals surface area (Å²) < 4.78 is 27.7. The van der Waals surface area contributed by atoms with E-state index < -0.39 is 17.7 Å². The van der Waals surface area contributed by atoms with Gasteiger partial charge >= 0.3 is 0 Å². The smallest absolute Gasteiger partial charge is 0.164 e. The lowest BCUT2D eigenvalue weighted by atomic mass is 10.1. The fraction of sp³-hybridized carbons (Fsp3) is 0.143. The maximum Gasteiger partial charge on any atom is 0.164 e. The Hall–Kier alpha value is -1.46. The van der Waals surface area contributed by atoms with E-state index in [2.05, 4.69) is 21.2 Å². The number of rotatable bonds is 4. The van der Waals surface area contributed by atoms with Crippen molar-refractivity contribution in [2.45, 2.75) is 6.04 Å². The number of benzene rings is 2. The lowest BCUT2D eigenvalue weighted by molar-refractivity contribution is 0.273. The van der Waals surface area contributed by atoms with E-state index in [9.17, 15) is 13.9 Å². The molecule has 2 N–H and O–H groups in total. The van der Waals surface area contributed by atoms with Crippen LogP contribution in [0.15, 0.2) is 46.9 Å². The van der Waals surface area contributed by atoms with Gasteiger partial charge < -0.3 is 10.4 Å². The van der Waals surface area contributed by atoms with Crippen LogP contribution in [0.2, 0.25) is 0 Å². The Labute approximate surface area is 118 Å². The molecular formula is C14H12BrF2NO. The van der Waals surface area contributed by atoms with E-state index in [0.717, 1.165) is 10.5 Å². The maximum absolute atomic E-state index is 13.7. The van der Waals surface area contributed by atoms with E-state index in [0.29, 0.717) is 5.69 Å². The zero-order chi connectivity index (χ0) is 13.8. The van der Waals surface area contributed by atoms with Crippen molar-refractivity contribution in [2.75, 3.05) is 11.9 Å². The minimum Gasteiger partial charge on any atom is -0.394 e. The molecule has 0 amide bonds. The Morgan fingerprint density at radius 2 is 1.89 bits per heavy atom. The molecule has 0 bridgehead atoms. The van der Waals surface area contributed by atoms with Crippen molar-refractivity contribution < 1.29 is 13.9 Å². The first-order chi connectivity index (χ1) is 9.11. The zero-order valence-corrected chi connectivity index (χ0v) is 11.5. The second-order valence-electron chi connectivity index (χ2n) is 4.03. The van der Waals surface area contributed by atoms with Gasteiger partial charge in [0.15, 0.2) is 11.6 Å². The Morgan fingerprint density at radius 3 is 2.58 bits per heavy atom. The van der Waals surface area contributed by atoms with Crippen molar-refractivity contribution in [1.82, 2.24) is 0 Å². The lowest BCUT2D eigenvalue weighted by Gasteiger charge is -2.19. The predicted octanol–water partition coefficient (Wildman–Crippen LogP) is 3.87. The van der Waals surface area contributed by atoms with Gasteiger partial charge in [0.25, 0.3) is 0 Å². The highest BCUT2D eigenvalue weighted by atomic mass is 79.9. The van der Waals surface area contributed by atoms with Gasteiger partial charge in [0.05, 0.1) is 12.6 Å². The minimum absolute atomic E-state index is 0.0995. The number of hydrogen-bond donors (Lipinski definition) is 2. The van der Waals surface area contributed by atoms with Gasteiger partial charge in [-0.3, -0.25) is 0 Å². The summed E-state index contributed by atoms with van der Waals surface area (Å²) >= 11 is 3.32. The van der Waals surface area contributed by atoms with Crippen molar-refractivity contribution in [3.8, 4) is 0 Å². The van der Waals surface area contributed by atoms with E-state index in [-0.39, 0.29) is 12.2 Å². The molecule has 5 heteroatoms. The summed E-state index contributed by atoms with van der Waals surface area (Å²) in [4.78, 5) is 0. The van der Waals surface area contributed by atoms with Crippen LogP contribution in [-0.2, 0) is 0 Å². The van der Waals surface area contributed by atoms with Gasteiger partial charge in [-0.05, 0) is 24.3 Å². The second kappa shape index (κ2) is 6.12. The first-order valence-electron chi connectivity index (χ1n) is 5.68. The third-order valence-corrected chi connectivity index (χ3v) is 3.20. The highest BCUT2D eigenvalue weighted by Crippen LogP contribution is 2.24. The quantitative estimate of drug-likeness (QED) is 0.893. The van der Waals surface area contributed by atoms with Crippen LogP contribution in [0, 0.1) is 11.6 Å². The molecule has 100 valence electrons. The van der Waals surface area contributed by atoms with Crippen molar-refractivity contribution in [1.29, 1.82) is 0 Å². The van der Waals surface area contributed by atoms with Crippen LogP contribution >= 0.6 is 15.9 Å². The van der Waals surface area contributed by atoms with Crippen LogP contribution in [0.4, 0.5) is 14.5 Å². The Morgan fingerprint density at radius 1 is 1.16 bits per heavy atom. The monoisotopic (exact) mass is 327 g/mol. The minimum atomic E-state index is -0.941. The normalized spacial score (nSPS) is 12.2. The molecule has 1 atom stereocenters. The van der Waals surface area contributed by atoms with Crippen molar-refractivity contribution in [3.63, 3.8) is 0 Å². The molecule has 0 aliphatic rings. The number of nitrogens with one attached hydrogen (secondary N) is 1. The van der Waals surface area contributed by atoms with Gasteiger partial charge in [0.2, 0.25) is 0 Å². The number of halogens is 3. The van der Waals surface area contributed by atoms with E-state index in [1.54, 1.807) is 12.1 Å². The summed E-state index contributed by atoms with van der Waals surface area (Å²) in [6.07, 6.45) is 0. The van der Waals surface area contributed by atoms with Gasteiger partial charge in [0.1, 0.15) is 0 Å². The van der Waals surface area contributed by atoms with Crippen molar-refractivity contribution in [2.24, 2.45) is 0 Å². The molecule has 0 radical (unpaired) electrons. The number of hydrogen-bond acceptors (Lipinski definition) is 2. The van der Waals surface area contributed by atoms with Gasteiger partial charge in [-0.15, -0.1) is 0 Å². The highest BCUT2D eigenvalue weighted by Gasteiger charge is 2.17. The highest BCUT2D eigenvalue weighted by molar-refractivity contribution is 9.10. The van der Waals surface area contributed by atoms with Gasteiger partial charge in [-0.2, -0.15) is 0 Å². The van der Waals surface area contributed by atoms with Crippen LogP contribution < -0.4 is 5.32 Å². The SMILES string of the molecule is OCC(Nc1cccc(Br)c1)c1cccc(F)c1F. The molecule has 0 saturated carbocycles. The molecule has 2 aromatic rings. The van der Waals surface area contributed by atoms with Crippen LogP contribution in [0.5, 0.6) is 0 Å². The van der Waals surface area contributed by atoms with Crippen LogP contribution in [0.25, 0.3) is 0 Å². The average molecular weight is 328 g/mol. The molecule has 0 aliphatic heterocycles. The Balaban J connectivity index is 2.28. The largest absolute Gasteiger partial charge is 0.394 e. The van der Waals surface area contributed by atoms with E-state index in [1.807, 2.05) is 12.1 Å². The molecule has 0 aromatic heterocycles. The summed E-state index contributed by atoms with van der Waals surface area (Å²) in [5, 5.41) is 12.3. The summed E-state index contributed by atoms with van der Waals surface area (Å²) in [6.45, 7) is -0.340. The fourth-order valence-electron chi connectivity index (χ4n) is 1.79. The van der Waals surface area contributed by atoms with Crippen LogP contribution in [0.1, 0.15) is 11.6 Å². The fourth-order valence-corrected chi connectivity index (χ4v) is 2.19. The standard InChI is InChI=1S/C14H12BrF2NO/c15-9-3-1-4-10(7-9)18-13(8-19)11-5-2-6-12(16)14(11)17/h1-7,13,18-19H,8H2. The predicted molar refractivity (Wildman–Crippen MR) is 73.9 cm³/mol. The molecule has 1 unspecified atom stereocenters. The molecular weight excluding hydrogens is 316 g/mol. The Kier molecular flexibility index (Phi) is 4.50. The van der Waals surface area contributed by atoms with E-state index >= 15 is 0 Å². The third-order valence-electron chi connectivity index (χ3n) is 2.70. The molecule has 0 saturated heterocycles. The maximum atomic E-state index is 13.7. The van der Waals surface area contributed by atoms with Crippen LogP contribution in [-0.4, -0.2) is 11.7 Å². The third kappa shape index (κ3) is 3.30. The number of aliphatic hydroxyl groups is 1. The molecule has 19 heavy (non-hydrogen) atoms. The first kappa shape index (κ1) is 14.0. The summed E-state index contributed by atoms with van der Waals surface area (Å²) in [6, 6.07) is 10.4. The lowest BCUT2D eigenvalue weighted by Crippen LogP contribution is -2.16. The molecule has 2 rings (SSSR count). The molecule has 2 aromatic carbocycles. The molecule has 2 nitrogen and oxygen atoms in total. The second-order valence-corrected chi connectivity index (χ2v) is 4.95. The van der Waals surface area contributed by atoms with Gasteiger partial charge in [-0.1, -0.05) is 34.1 Å². The van der Waals surface area contributed by atoms with Gasteiger partial charge in [-0.25, -0.2) is 8.78 Å². The first-order valence-corrected chi connectivity index (χ1v) is 6.48. The molecule has 0 spiro atoms. The topological polar surface area (TPSA) is 32.3 Å². The molecule has 0 fully saturated rings. The average Bonchev–Trinajstić information content (AvgIpc) is 2.40. The molecule has 0 aliphatic carbocycles. The summed E-state index contributed by atoms with van der Waals surface area (Å²) in [5.41, 5.74) is 0.805. The van der Waals surface area contributed by atoms with Crippen molar-refractivity contribution >= 4 is 21.6 Å². The summed E-state index contributed by atoms with van der Waals surface area (Å²) in [5.74, 6) is -1.86. The van der Waals surface area contributed by atoms with E-state index in [1.165, 1.54) is 12.1 Å². The Bertz CT molecular complexity index is 577.